The zero-order chi connectivity index (χ0) is 35.7. The van der Waals surface area contributed by atoms with E-state index in [1.807, 2.05) is 0 Å². The zero-order valence-electron chi connectivity index (χ0n) is 25.9. The van der Waals surface area contributed by atoms with Crippen molar-refractivity contribution < 1.29 is 80.9 Å². The van der Waals surface area contributed by atoms with Gasteiger partial charge in [-0.1, -0.05) is 6.58 Å². The maximum absolute atomic E-state index is 14.9. The number of carbonyl (C=O) groups excluding carboxylic acids is 1. The van der Waals surface area contributed by atoms with E-state index in [4.69, 9.17) is 23.7 Å². The Morgan fingerprint density at radius 1 is 0.957 bits per heavy atom. The molecule has 20 heteroatoms. The number of halogens is 8. The standard InChI is InChI=1S/C27H37F8NO10S/c1-6-7-8-9-12-15-36-17(37)13-10-11-14-24(28,29)25(30,31)46-26(32,33)27(34,35)47(38,39)44-19-18-20(42-22(4,5)41-18)43-23(19)16-40-21(2,3)45-23/h7,18-20H,1,8-16H2,2-5H3,(H,36,37)/t18?,19-,20+,23+/m1/s1. The van der Waals surface area contributed by atoms with Gasteiger partial charge in [0.2, 0.25) is 11.7 Å². The van der Waals surface area contributed by atoms with Gasteiger partial charge in [-0.2, -0.15) is 43.5 Å². The van der Waals surface area contributed by atoms with Gasteiger partial charge in [-0.05, 0) is 65.9 Å². The Bertz CT molecular complexity index is 1290. The first-order valence-corrected chi connectivity index (χ1v) is 15.9. The Balaban J connectivity index is 1.65. The van der Waals surface area contributed by atoms with Crippen LogP contribution in [0, 0.1) is 0 Å². The summed E-state index contributed by atoms with van der Waals surface area (Å²) >= 11 is 0. The highest BCUT2D eigenvalue weighted by molar-refractivity contribution is 7.87. The molecule has 0 bridgehead atoms. The number of fused-ring (bicyclic) bond motifs is 1. The number of ether oxygens (including phenoxy) is 6. The number of hydrogen-bond donors (Lipinski definition) is 1. The molecule has 1 unspecified atom stereocenters. The van der Waals surface area contributed by atoms with Crippen LogP contribution < -0.4 is 5.32 Å². The fourth-order valence-electron chi connectivity index (χ4n) is 4.85. The van der Waals surface area contributed by atoms with Crippen molar-refractivity contribution in [3.05, 3.63) is 18.4 Å². The number of carbonyl (C=O) groups is 1. The third-order valence-electron chi connectivity index (χ3n) is 7.13. The van der Waals surface area contributed by atoms with Crippen molar-refractivity contribution in [2.75, 3.05) is 13.2 Å². The molecule has 0 aliphatic carbocycles. The molecule has 3 aliphatic heterocycles. The van der Waals surface area contributed by atoms with Gasteiger partial charge in [0.05, 0.1) is 0 Å². The fraction of sp³-hybridized carbons (Fsp3) is 0.852. The van der Waals surface area contributed by atoms with Crippen LogP contribution >= 0.6 is 0 Å². The van der Waals surface area contributed by atoms with Crippen LogP contribution in [0.25, 0.3) is 0 Å². The molecule has 11 nitrogen and oxygen atoms in total. The first-order chi connectivity index (χ1) is 21.3. The first kappa shape index (κ1) is 39.5. The van der Waals surface area contributed by atoms with Crippen molar-refractivity contribution in [1.82, 2.24) is 5.32 Å². The topological polar surface area (TPSA) is 128 Å². The SMILES string of the molecule is C=C=CCCCCNC(=O)CCCCC(F)(F)C(F)(F)OC(F)(F)C(F)(F)S(=O)(=O)O[C@@H]1C2OC(C)(C)O[C@H]2O[C@]12COC(C)(C)O2. The third-order valence-corrected chi connectivity index (χ3v) is 8.45. The summed E-state index contributed by atoms with van der Waals surface area (Å²) < 4.78 is 175. The van der Waals surface area contributed by atoms with E-state index in [1.165, 1.54) is 27.7 Å². The Hall–Kier alpha value is -1.90. The Morgan fingerprint density at radius 2 is 1.62 bits per heavy atom. The van der Waals surface area contributed by atoms with Gasteiger partial charge in [0.25, 0.3) is 0 Å². The average molecular weight is 720 g/mol. The highest BCUT2D eigenvalue weighted by Gasteiger charge is 2.77. The normalized spacial score (nSPS) is 27.5. The first-order valence-electron chi connectivity index (χ1n) is 14.5. The summed E-state index contributed by atoms with van der Waals surface area (Å²) in [5.41, 5.74) is 2.57. The van der Waals surface area contributed by atoms with E-state index >= 15 is 0 Å². The van der Waals surface area contributed by atoms with Gasteiger partial charge in [0.15, 0.2) is 24.0 Å². The maximum atomic E-state index is 14.9. The number of allylic oxidation sites excluding steroid dienone is 1. The lowest BCUT2D eigenvalue weighted by Crippen LogP contribution is -2.58. The van der Waals surface area contributed by atoms with Gasteiger partial charge in [0.1, 0.15) is 12.7 Å². The molecule has 3 aliphatic rings. The van der Waals surface area contributed by atoms with Gasteiger partial charge in [-0.3, -0.25) is 8.98 Å². The molecule has 3 heterocycles. The van der Waals surface area contributed by atoms with E-state index in [-0.39, 0.29) is 13.0 Å². The second-order valence-electron chi connectivity index (χ2n) is 12.0. The summed E-state index contributed by atoms with van der Waals surface area (Å²) in [4.78, 5) is 11.8. The smallest absolute Gasteiger partial charge is 0.356 e. The molecule has 1 amide bonds. The second kappa shape index (κ2) is 13.8. The molecule has 272 valence electrons. The monoisotopic (exact) mass is 719 g/mol. The van der Waals surface area contributed by atoms with Crippen LogP contribution in [0.1, 0.15) is 72.6 Å². The molecular weight excluding hydrogens is 682 g/mol. The second-order valence-corrected chi connectivity index (χ2v) is 13.6. The van der Waals surface area contributed by atoms with Gasteiger partial charge in [0, 0.05) is 19.4 Å². The van der Waals surface area contributed by atoms with Gasteiger partial charge in [-0.25, -0.2) is 4.74 Å². The average Bonchev–Trinajstić information content (AvgIpc) is 3.48. The van der Waals surface area contributed by atoms with Crippen LogP contribution in [-0.2, 0) is 47.5 Å². The summed E-state index contributed by atoms with van der Waals surface area (Å²) in [6, 6.07) is 0. The molecular formula is C27H37F8NO10S. The maximum Gasteiger partial charge on any atom is 0.460 e. The minimum atomic E-state index is -7.03. The quantitative estimate of drug-likeness (QED) is 0.0915. The third kappa shape index (κ3) is 8.83. The van der Waals surface area contributed by atoms with Crippen molar-refractivity contribution in [3.63, 3.8) is 0 Å². The Kier molecular flexibility index (Phi) is 11.6. The molecule has 1 spiro atoms. The van der Waals surface area contributed by atoms with Gasteiger partial charge >= 0.3 is 33.5 Å². The lowest BCUT2D eigenvalue weighted by molar-refractivity contribution is -0.457. The zero-order valence-corrected chi connectivity index (χ0v) is 26.7. The lowest BCUT2D eigenvalue weighted by Gasteiger charge is -2.35. The molecule has 4 atom stereocenters. The van der Waals surface area contributed by atoms with Crippen LogP contribution in [0.4, 0.5) is 35.1 Å². The molecule has 0 aromatic rings. The highest BCUT2D eigenvalue weighted by Crippen LogP contribution is 2.52. The predicted octanol–water partition coefficient (Wildman–Crippen LogP) is 5.31. The van der Waals surface area contributed by atoms with E-state index in [1.54, 1.807) is 6.08 Å². The summed E-state index contributed by atoms with van der Waals surface area (Å²) in [7, 11) is -7.03. The Labute approximate surface area is 265 Å². The molecule has 1 N–H and O–H groups in total. The Morgan fingerprint density at radius 3 is 2.21 bits per heavy atom. The predicted molar refractivity (Wildman–Crippen MR) is 142 cm³/mol. The number of alkyl halides is 8. The van der Waals surface area contributed by atoms with Crippen molar-refractivity contribution in [1.29, 1.82) is 0 Å². The largest absolute Gasteiger partial charge is 0.460 e. The van der Waals surface area contributed by atoms with E-state index in [0.717, 1.165) is 0 Å². The van der Waals surface area contributed by atoms with Crippen LogP contribution in [0.3, 0.4) is 0 Å². The molecule has 0 radical (unpaired) electrons. The molecule has 3 fully saturated rings. The number of nitrogens with one attached hydrogen (secondary N) is 1. The lowest BCUT2D eigenvalue weighted by atomic mass is 10.1. The fourth-order valence-corrected chi connectivity index (χ4v) is 5.83. The van der Waals surface area contributed by atoms with Crippen LogP contribution in [0.2, 0.25) is 0 Å². The van der Waals surface area contributed by atoms with Gasteiger partial charge in [-0.15, -0.1) is 5.73 Å². The minimum absolute atomic E-state index is 0.245. The number of rotatable bonds is 17. The molecule has 3 saturated heterocycles. The molecule has 0 saturated carbocycles. The van der Waals surface area contributed by atoms with E-state index < -0.39 is 101 Å². The van der Waals surface area contributed by atoms with Crippen molar-refractivity contribution >= 4 is 16.0 Å². The number of amides is 1. The summed E-state index contributed by atoms with van der Waals surface area (Å²) in [6.45, 7) is 8.14. The van der Waals surface area contributed by atoms with Gasteiger partial charge < -0.3 is 29.0 Å². The number of hydrogen-bond acceptors (Lipinski definition) is 10. The molecule has 47 heavy (non-hydrogen) atoms. The van der Waals surface area contributed by atoms with E-state index in [9.17, 15) is 48.3 Å². The highest BCUT2D eigenvalue weighted by atomic mass is 32.2. The van der Waals surface area contributed by atoms with Crippen molar-refractivity contribution in [3.8, 4) is 0 Å². The van der Waals surface area contributed by atoms with E-state index in [0.29, 0.717) is 19.3 Å². The van der Waals surface area contributed by atoms with Crippen LogP contribution in [-0.4, -0.2) is 86.7 Å². The summed E-state index contributed by atoms with van der Waals surface area (Å²) in [5, 5.41) is -4.20. The van der Waals surface area contributed by atoms with Crippen molar-refractivity contribution in [2.24, 2.45) is 0 Å². The molecule has 3 rings (SSSR count). The number of unbranched alkanes of at least 4 members (excludes halogenated alkanes) is 3. The summed E-state index contributed by atoms with van der Waals surface area (Å²) in [5.74, 6) is -11.5. The van der Waals surface area contributed by atoms with Crippen LogP contribution in [0.5, 0.6) is 0 Å². The van der Waals surface area contributed by atoms with Crippen LogP contribution in [0.15, 0.2) is 18.4 Å². The molecule has 0 aromatic carbocycles. The summed E-state index contributed by atoms with van der Waals surface area (Å²) in [6.07, 6.45) is -18.6. The van der Waals surface area contributed by atoms with Crippen molar-refractivity contribution in [2.45, 2.75) is 132 Å². The minimum Gasteiger partial charge on any atom is -0.356 e. The van der Waals surface area contributed by atoms with E-state index in [2.05, 4.69) is 26.5 Å². The molecule has 0 aromatic heterocycles.